The zero-order chi connectivity index (χ0) is 19.4. The third-order valence-electron chi connectivity index (χ3n) is 4.49. The van der Waals surface area contributed by atoms with Crippen molar-refractivity contribution in [3.8, 4) is 5.75 Å². The van der Waals surface area contributed by atoms with Gasteiger partial charge in [-0.15, -0.1) is 0 Å². The molecule has 0 bridgehead atoms. The molecule has 1 atom stereocenters. The number of nitrogens with zero attached hydrogens (tertiary/aromatic N) is 1. The molecule has 27 heavy (non-hydrogen) atoms. The van der Waals surface area contributed by atoms with Crippen molar-refractivity contribution in [2.45, 2.75) is 19.1 Å². The maximum atomic E-state index is 12.8. The van der Waals surface area contributed by atoms with E-state index in [4.69, 9.17) is 9.47 Å². The molecule has 0 unspecified atom stereocenters. The van der Waals surface area contributed by atoms with Crippen molar-refractivity contribution in [2.24, 2.45) is 0 Å². The van der Waals surface area contributed by atoms with E-state index in [1.807, 2.05) is 12.1 Å². The lowest BCUT2D eigenvalue weighted by molar-refractivity contribution is -0.148. The van der Waals surface area contributed by atoms with Crippen LogP contribution >= 0.6 is 0 Å². The van der Waals surface area contributed by atoms with Gasteiger partial charge in [0.15, 0.2) is 0 Å². The topological polar surface area (TPSA) is 84.9 Å². The second-order valence-electron chi connectivity index (χ2n) is 6.29. The maximum absolute atomic E-state index is 12.8. The zero-order valence-electron chi connectivity index (χ0n) is 15.1. The van der Waals surface area contributed by atoms with Crippen LogP contribution in [0, 0.1) is 0 Å². The fourth-order valence-electron chi connectivity index (χ4n) is 2.96. The maximum Gasteiger partial charge on any atom is 0.326 e. The fraction of sp³-hybridized carbons (Fsp3) is 0.250. The lowest BCUT2D eigenvalue weighted by Crippen LogP contribution is -2.41. The summed E-state index contributed by atoms with van der Waals surface area (Å²) >= 11 is 0. The predicted octanol–water partition coefficient (Wildman–Crippen LogP) is 2.21. The molecule has 1 saturated heterocycles. The van der Waals surface area contributed by atoms with E-state index < -0.39 is 30.0 Å². The van der Waals surface area contributed by atoms with Crippen LogP contribution in [0.1, 0.15) is 18.1 Å². The number of esters is 1. The molecule has 7 heteroatoms. The first-order valence-electron chi connectivity index (χ1n) is 8.43. The summed E-state index contributed by atoms with van der Waals surface area (Å²) in [5.74, 6) is -0.577. The van der Waals surface area contributed by atoms with Gasteiger partial charge in [0.25, 0.3) is 5.91 Å². The highest BCUT2D eigenvalue weighted by atomic mass is 16.5. The fourth-order valence-corrected chi connectivity index (χ4v) is 2.96. The molecule has 1 N–H and O–H groups in total. The van der Waals surface area contributed by atoms with Gasteiger partial charge in [0, 0.05) is 5.56 Å². The first-order valence-corrected chi connectivity index (χ1v) is 8.43. The summed E-state index contributed by atoms with van der Waals surface area (Å²) in [7, 11) is 1.53. The Bertz CT molecular complexity index is 868. The molecular formula is C20H20N2O5. The van der Waals surface area contributed by atoms with Crippen LogP contribution in [0.5, 0.6) is 5.75 Å². The van der Waals surface area contributed by atoms with Gasteiger partial charge in [0.2, 0.25) is 0 Å². The minimum Gasteiger partial charge on any atom is -0.496 e. The van der Waals surface area contributed by atoms with Gasteiger partial charge in [-0.2, -0.15) is 0 Å². The van der Waals surface area contributed by atoms with Gasteiger partial charge in [-0.3, -0.25) is 14.5 Å². The standard InChI is InChI=1S/C20H20N2O5/c1-20(15-9-4-3-5-10-15)18(24)22(19(25)21-20)12-17(23)27-13-14-8-6-7-11-16(14)26-2/h3-11H,12-13H2,1-2H3,(H,21,25)/t20-/m0/s1. The Kier molecular flexibility index (Phi) is 5.12. The lowest BCUT2D eigenvalue weighted by Gasteiger charge is -2.22. The number of methoxy groups -OCH3 is 1. The molecule has 0 spiro atoms. The Labute approximate surface area is 156 Å². The van der Waals surface area contributed by atoms with Crippen LogP contribution in [0.4, 0.5) is 4.79 Å². The summed E-state index contributed by atoms with van der Waals surface area (Å²) in [5, 5.41) is 2.65. The second-order valence-corrected chi connectivity index (χ2v) is 6.29. The molecule has 0 aliphatic carbocycles. The average molecular weight is 368 g/mol. The third kappa shape index (κ3) is 3.62. The molecule has 1 heterocycles. The SMILES string of the molecule is COc1ccccc1COC(=O)CN1C(=O)N[C@@](C)(c2ccccc2)C1=O. The summed E-state index contributed by atoms with van der Waals surface area (Å²) in [5.41, 5.74) is 0.134. The Balaban J connectivity index is 1.66. The van der Waals surface area contributed by atoms with Crippen molar-refractivity contribution >= 4 is 17.9 Å². The van der Waals surface area contributed by atoms with Gasteiger partial charge in [0.05, 0.1) is 7.11 Å². The van der Waals surface area contributed by atoms with Crippen LogP contribution in [0.15, 0.2) is 54.6 Å². The number of hydrogen-bond donors (Lipinski definition) is 1. The molecule has 1 aliphatic heterocycles. The number of ether oxygens (including phenoxy) is 2. The van der Waals surface area contributed by atoms with E-state index in [2.05, 4.69) is 5.32 Å². The van der Waals surface area contributed by atoms with Crippen LogP contribution in [0.3, 0.4) is 0 Å². The number of nitrogens with one attached hydrogen (secondary N) is 1. The third-order valence-corrected chi connectivity index (χ3v) is 4.49. The molecule has 7 nitrogen and oxygen atoms in total. The number of imide groups is 1. The monoisotopic (exact) mass is 368 g/mol. The van der Waals surface area contributed by atoms with Crippen LogP contribution in [0.2, 0.25) is 0 Å². The molecule has 0 saturated carbocycles. The predicted molar refractivity (Wildman–Crippen MR) is 96.8 cm³/mol. The molecule has 0 radical (unpaired) electrons. The summed E-state index contributed by atoms with van der Waals surface area (Å²) in [6, 6.07) is 15.4. The van der Waals surface area contributed by atoms with E-state index in [1.165, 1.54) is 7.11 Å². The van der Waals surface area contributed by atoms with Crippen molar-refractivity contribution in [3.63, 3.8) is 0 Å². The van der Waals surface area contributed by atoms with Crippen molar-refractivity contribution < 1.29 is 23.9 Å². The first-order chi connectivity index (χ1) is 13.0. The van der Waals surface area contributed by atoms with Crippen molar-refractivity contribution in [1.82, 2.24) is 10.2 Å². The van der Waals surface area contributed by atoms with E-state index in [9.17, 15) is 14.4 Å². The van der Waals surface area contributed by atoms with Gasteiger partial charge in [-0.05, 0) is 18.6 Å². The molecule has 2 aromatic rings. The molecular weight excluding hydrogens is 348 g/mol. The van der Waals surface area contributed by atoms with Gasteiger partial charge >= 0.3 is 12.0 Å². The average Bonchev–Trinajstić information content (AvgIpc) is 2.91. The highest BCUT2D eigenvalue weighted by Gasteiger charge is 2.49. The van der Waals surface area contributed by atoms with Gasteiger partial charge in [-0.1, -0.05) is 48.5 Å². The number of amides is 3. The van der Waals surface area contributed by atoms with Crippen molar-refractivity contribution in [2.75, 3.05) is 13.7 Å². The number of hydrogen-bond acceptors (Lipinski definition) is 5. The molecule has 3 amide bonds. The summed E-state index contributed by atoms with van der Waals surface area (Å²) < 4.78 is 10.4. The van der Waals surface area contributed by atoms with Crippen LogP contribution in [-0.2, 0) is 26.5 Å². The number of urea groups is 1. The Morgan fingerprint density at radius 3 is 2.44 bits per heavy atom. The second kappa shape index (κ2) is 7.49. The lowest BCUT2D eigenvalue weighted by atomic mass is 9.92. The largest absolute Gasteiger partial charge is 0.496 e. The van der Waals surface area contributed by atoms with E-state index in [1.54, 1.807) is 49.4 Å². The first kappa shape index (κ1) is 18.4. The van der Waals surface area contributed by atoms with Crippen molar-refractivity contribution in [1.29, 1.82) is 0 Å². The minimum atomic E-state index is -1.21. The highest BCUT2D eigenvalue weighted by Crippen LogP contribution is 2.28. The normalized spacial score (nSPS) is 19.0. The number of carbonyl (C=O) groups excluding carboxylic acids is 3. The van der Waals surface area contributed by atoms with Gasteiger partial charge in [-0.25, -0.2) is 4.79 Å². The number of rotatable bonds is 6. The quantitative estimate of drug-likeness (QED) is 0.624. The molecule has 0 aromatic heterocycles. The van der Waals surface area contributed by atoms with E-state index in [0.29, 0.717) is 16.9 Å². The van der Waals surface area contributed by atoms with Crippen LogP contribution in [0.25, 0.3) is 0 Å². The number of benzene rings is 2. The summed E-state index contributed by atoms with van der Waals surface area (Å²) in [6.45, 7) is 1.15. The molecule has 140 valence electrons. The Morgan fingerprint density at radius 1 is 1.07 bits per heavy atom. The van der Waals surface area contributed by atoms with Gasteiger partial charge < -0.3 is 14.8 Å². The molecule has 1 aliphatic rings. The molecule has 2 aromatic carbocycles. The minimum absolute atomic E-state index is 0.0115. The van der Waals surface area contributed by atoms with Gasteiger partial charge in [0.1, 0.15) is 24.4 Å². The van der Waals surface area contributed by atoms with Crippen molar-refractivity contribution in [3.05, 3.63) is 65.7 Å². The number of para-hydroxylation sites is 1. The highest BCUT2D eigenvalue weighted by molar-refractivity contribution is 6.08. The zero-order valence-corrected chi connectivity index (χ0v) is 15.1. The number of carbonyl (C=O) groups is 3. The summed E-state index contributed by atoms with van der Waals surface area (Å²) in [6.07, 6.45) is 0. The van der Waals surface area contributed by atoms with E-state index in [0.717, 1.165) is 4.90 Å². The van der Waals surface area contributed by atoms with Crippen LogP contribution < -0.4 is 10.1 Å². The van der Waals surface area contributed by atoms with Crippen LogP contribution in [-0.4, -0.2) is 36.5 Å². The van der Waals surface area contributed by atoms with E-state index >= 15 is 0 Å². The summed E-state index contributed by atoms with van der Waals surface area (Å²) in [4.78, 5) is 38.1. The molecule has 3 rings (SSSR count). The Hall–Kier alpha value is -3.35. The smallest absolute Gasteiger partial charge is 0.326 e. The molecule has 1 fully saturated rings. The Morgan fingerprint density at radius 2 is 1.74 bits per heavy atom. The van der Waals surface area contributed by atoms with E-state index in [-0.39, 0.29) is 6.61 Å².